The van der Waals surface area contributed by atoms with Gasteiger partial charge in [0, 0.05) is 0 Å². The molecule has 0 unspecified atom stereocenters. The first-order valence-corrected chi connectivity index (χ1v) is 9.73. The molecule has 0 bridgehead atoms. The third-order valence-electron chi connectivity index (χ3n) is 4.08. The van der Waals surface area contributed by atoms with Crippen LogP contribution in [-0.4, -0.2) is 11.1 Å². The molecule has 0 atom stereocenters. The second kappa shape index (κ2) is 10.5. The monoisotopic (exact) mass is 379 g/mol. The van der Waals surface area contributed by atoms with Gasteiger partial charge in [-0.25, -0.2) is 0 Å². The van der Waals surface area contributed by atoms with Gasteiger partial charge >= 0.3 is 0 Å². The molecule has 0 radical (unpaired) electrons. The lowest BCUT2D eigenvalue weighted by Gasteiger charge is -2.02. The summed E-state index contributed by atoms with van der Waals surface area (Å²) in [4.78, 5) is 23.4. The standard InChI is InChI=1S/C23H25NO2S/c1-17(2)20(16-21-22(25)24-23(26)27-21)13-9-4-6-10-18(3)14-15-19-11-7-5-8-12-19/h4-12,16H,3,13-15H2,1-2H3,(H,24,25,26)/b9-4-,10-6-,21-16-. The van der Waals surface area contributed by atoms with Crippen molar-refractivity contribution in [2.75, 3.05) is 0 Å². The Morgan fingerprint density at radius 1 is 1.15 bits per heavy atom. The van der Waals surface area contributed by atoms with Crippen LogP contribution in [0.15, 0.2) is 88.9 Å². The number of benzene rings is 1. The smallest absolute Gasteiger partial charge is 0.282 e. The van der Waals surface area contributed by atoms with E-state index in [0.717, 1.165) is 41.3 Å². The van der Waals surface area contributed by atoms with E-state index in [4.69, 9.17) is 0 Å². The summed E-state index contributed by atoms with van der Waals surface area (Å²) in [5.74, 6) is -0.317. The number of hydrogen-bond acceptors (Lipinski definition) is 3. The fourth-order valence-electron chi connectivity index (χ4n) is 2.48. The van der Waals surface area contributed by atoms with E-state index in [0.29, 0.717) is 11.3 Å². The van der Waals surface area contributed by atoms with Crippen LogP contribution in [0.4, 0.5) is 4.79 Å². The Morgan fingerprint density at radius 3 is 2.52 bits per heavy atom. The Labute approximate surface area is 165 Å². The third kappa shape index (κ3) is 7.27. The van der Waals surface area contributed by atoms with Gasteiger partial charge in [0.1, 0.15) is 0 Å². The van der Waals surface area contributed by atoms with Gasteiger partial charge in [-0.2, -0.15) is 0 Å². The van der Waals surface area contributed by atoms with E-state index >= 15 is 0 Å². The number of amides is 2. The Bertz CT molecular complexity index is 825. The number of allylic oxidation sites excluding steroid dienone is 8. The van der Waals surface area contributed by atoms with Gasteiger partial charge < -0.3 is 0 Å². The van der Waals surface area contributed by atoms with Crippen molar-refractivity contribution in [1.82, 2.24) is 5.32 Å². The molecule has 1 aromatic rings. The van der Waals surface area contributed by atoms with Crippen molar-refractivity contribution in [1.29, 1.82) is 0 Å². The van der Waals surface area contributed by atoms with Gasteiger partial charge in [-0.15, -0.1) is 0 Å². The lowest BCUT2D eigenvalue weighted by Crippen LogP contribution is -2.17. The number of thioether (sulfide) groups is 1. The molecule has 0 aromatic heterocycles. The SMILES string of the molecule is C=C(/C=C\C=C/CC(/C=C1\SC(=O)NC1=O)=C(C)C)CCc1ccccc1. The van der Waals surface area contributed by atoms with Gasteiger partial charge in [-0.1, -0.05) is 72.4 Å². The number of imide groups is 1. The van der Waals surface area contributed by atoms with Crippen LogP contribution in [0, 0.1) is 0 Å². The van der Waals surface area contributed by atoms with E-state index in [-0.39, 0.29) is 11.1 Å². The van der Waals surface area contributed by atoms with Crippen LogP contribution in [-0.2, 0) is 11.2 Å². The zero-order valence-corrected chi connectivity index (χ0v) is 16.6. The topological polar surface area (TPSA) is 46.2 Å². The lowest BCUT2D eigenvalue weighted by molar-refractivity contribution is -0.115. The minimum Gasteiger partial charge on any atom is -0.282 e. The lowest BCUT2D eigenvalue weighted by atomic mass is 10.0. The summed E-state index contributed by atoms with van der Waals surface area (Å²) in [5, 5.41) is 1.97. The van der Waals surface area contributed by atoms with E-state index in [1.165, 1.54) is 5.56 Å². The van der Waals surface area contributed by atoms with Crippen molar-refractivity contribution in [3.05, 3.63) is 94.5 Å². The highest BCUT2D eigenvalue weighted by atomic mass is 32.2. The van der Waals surface area contributed by atoms with Crippen molar-refractivity contribution in [2.24, 2.45) is 0 Å². The highest BCUT2D eigenvalue weighted by Crippen LogP contribution is 2.26. The Hall–Kier alpha value is -2.59. The summed E-state index contributed by atoms with van der Waals surface area (Å²) in [6.07, 6.45) is 12.5. The molecule has 27 heavy (non-hydrogen) atoms. The molecule has 1 fully saturated rings. The number of carbonyl (C=O) groups is 2. The van der Waals surface area contributed by atoms with Gasteiger partial charge in [0.05, 0.1) is 4.91 Å². The molecule has 0 spiro atoms. The number of rotatable bonds is 8. The van der Waals surface area contributed by atoms with Crippen LogP contribution in [0.2, 0.25) is 0 Å². The molecule has 2 rings (SSSR count). The normalized spacial score (nSPS) is 15.7. The highest BCUT2D eigenvalue weighted by molar-refractivity contribution is 8.18. The highest BCUT2D eigenvalue weighted by Gasteiger charge is 2.25. The summed E-state index contributed by atoms with van der Waals surface area (Å²) >= 11 is 0.948. The number of aryl methyl sites for hydroxylation is 1. The van der Waals surface area contributed by atoms with Crippen LogP contribution in [0.25, 0.3) is 0 Å². The Kier molecular flexibility index (Phi) is 8.08. The number of hydrogen-bond donors (Lipinski definition) is 1. The molecule has 1 aromatic carbocycles. The first-order chi connectivity index (χ1) is 13.0. The van der Waals surface area contributed by atoms with Crippen LogP contribution < -0.4 is 5.32 Å². The van der Waals surface area contributed by atoms with Crippen molar-refractivity contribution < 1.29 is 9.59 Å². The second-order valence-electron chi connectivity index (χ2n) is 6.51. The van der Waals surface area contributed by atoms with Gasteiger partial charge in [0.2, 0.25) is 0 Å². The molecule has 140 valence electrons. The average Bonchev–Trinajstić information content (AvgIpc) is 2.96. The largest absolute Gasteiger partial charge is 0.290 e. The van der Waals surface area contributed by atoms with Crippen LogP contribution in [0.1, 0.15) is 32.3 Å². The number of nitrogens with one attached hydrogen (secondary N) is 1. The molecular formula is C23H25NO2S. The number of carbonyl (C=O) groups excluding carboxylic acids is 2. The van der Waals surface area contributed by atoms with Crippen molar-refractivity contribution in [3.8, 4) is 0 Å². The van der Waals surface area contributed by atoms with E-state index < -0.39 is 0 Å². The van der Waals surface area contributed by atoms with E-state index in [1.54, 1.807) is 6.08 Å². The molecule has 1 aliphatic rings. The zero-order valence-electron chi connectivity index (χ0n) is 15.8. The van der Waals surface area contributed by atoms with E-state index in [1.807, 2.05) is 44.2 Å². The van der Waals surface area contributed by atoms with Crippen molar-refractivity contribution >= 4 is 22.9 Å². The Morgan fingerprint density at radius 2 is 1.89 bits per heavy atom. The quantitative estimate of drug-likeness (QED) is 0.453. The summed E-state index contributed by atoms with van der Waals surface area (Å²) in [7, 11) is 0. The predicted molar refractivity (Wildman–Crippen MR) is 114 cm³/mol. The summed E-state index contributed by atoms with van der Waals surface area (Å²) in [5.41, 5.74) is 4.56. The first-order valence-electron chi connectivity index (χ1n) is 8.92. The molecule has 0 saturated carbocycles. The maximum Gasteiger partial charge on any atom is 0.290 e. The van der Waals surface area contributed by atoms with E-state index in [2.05, 4.69) is 36.2 Å². The van der Waals surface area contributed by atoms with Crippen molar-refractivity contribution in [2.45, 2.75) is 33.1 Å². The zero-order chi connectivity index (χ0) is 19.6. The van der Waals surface area contributed by atoms with Gasteiger partial charge in [0.15, 0.2) is 0 Å². The minimum absolute atomic E-state index is 0.313. The molecule has 3 nitrogen and oxygen atoms in total. The molecule has 1 N–H and O–H groups in total. The molecule has 4 heteroatoms. The summed E-state index contributed by atoms with van der Waals surface area (Å²) < 4.78 is 0. The molecular weight excluding hydrogens is 354 g/mol. The minimum atomic E-state index is -0.317. The maximum atomic E-state index is 11.7. The predicted octanol–water partition coefficient (Wildman–Crippen LogP) is 5.88. The molecule has 2 amide bonds. The molecule has 0 aliphatic carbocycles. The first kappa shape index (κ1) is 20.7. The van der Waals surface area contributed by atoms with Gasteiger partial charge in [0.25, 0.3) is 11.1 Å². The third-order valence-corrected chi connectivity index (χ3v) is 4.89. The average molecular weight is 380 g/mol. The van der Waals surface area contributed by atoms with Crippen LogP contribution in [0.5, 0.6) is 0 Å². The fraction of sp³-hybridized carbons (Fsp3) is 0.217. The molecule has 1 aliphatic heterocycles. The van der Waals surface area contributed by atoms with Crippen LogP contribution in [0.3, 0.4) is 0 Å². The van der Waals surface area contributed by atoms with Gasteiger partial charge in [-0.05, 0) is 62.1 Å². The second-order valence-corrected chi connectivity index (χ2v) is 7.53. The summed E-state index contributed by atoms with van der Waals surface area (Å²) in [6, 6.07) is 10.4. The van der Waals surface area contributed by atoms with E-state index in [9.17, 15) is 9.59 Å². The molecule has 1 heterocycles. The van der Waals surface area contributed by atoms with Crippen LogP contribution >= 0.6 is 11.8 Å². The Balaban J connectivity index is 1.84. The van der Waals surface area contributed by atoms with Gasteiger partial charge in [-0.3, -0.25) is 14.9 Å². The summed E-state index contributed by atoms with van der Waals surface area (Å²) in [6.45, 7) is 8.10. The molecule has 1 saturated heterocycles. The maximum absolute atomic E-state index is 11.7. The fourth-order valence-corrected chi connectivity index (χ4v) is 3.17. The van der Waals surface area contributed by atoms with Crippen molar-refractivity contribution in [3.63, 3.8) is 0 Å².